The number of benzene rings is 1. The first-order valence-electron chi connectivity index (χ1n) is 8.85. The standard InChI is InChI=1S/C19H25N5O2/c1-26-14-16-2-4-17(5-3-16)18-19(22-7-6-21-18)24-12-10-23(11-13-24)9-8-20-15-25/h2-7,15H,8-14H2,1H3,(H,20,25). The van der Waals surface area contributed by atoms with Crippen LogP contribution in [0.1, 0.15) is 5.56 Å². The van der Waals surface area contributed by atoms with Gasteiger partial charge in [-0.05, 0) is 5.56 Å². The van der Waals surface area contributed by atoms with Crippen LogP contribution in [0.15, 0.2) is 36.7 Å². The number of aromatic nitrogens is 2. The minimum atomic E-state index is 0.606. The van der Waals surface area contributed by atoms with Gasteiger partial charge < -0.3 is 15.0 Å². The summed E-state index contributed by atoms with van der Waals surface area (Å²) in [6.07, 6.45) is 4.24. The summed E-state index contributed by atoms with van der Waals surface area (Å²) < 4.78 is 5.17. The van der Waals surface area contributed by atoms with Crippen molar-refractivity contribution in [2.45, 2.75) is 6.61 Å². The summed E-state index contributed by atoms with van der Waals surface area (Å²) in [4.78, 5) is 24.2. The van der Waals surface area contributed by atoms with E-state index in [-0.39, 0.29) is 0 Å². The molecule has 7 nitrogen and oxygen atoms in total. The monoisotopic (exact) mass is 355 g/mol. The third-order valence-electron chi connectivity index (χ3n) is 4.54. The number of carbonyl (C=O) groups is 1. The Hall–Kier alpha value is -2.51. The third kappa shape index (κ3) is 4.56. The molecule has 3 rings (SSSR count). The van der Waals surface area contributed by atoms with Gasteiger partial charge in [-0.3, -0.25) is 14.7 Å². The van der Waals surface area contributed by atoms with Gasteiger partial charge in [-0.15, -0.1) is 0 Å². The quantitative estimate of drug-likeness (QED) is 0.566. The number of piperazine rings is 1. The molecule has 1 amide bonds. The molecule has 0 unspecified atom stereocenters. The molecule has 1 N–H and O–H groups in total. The Morgan fingerprint density at radius 1 is 1.12 bits per heavy atom. The SMILES string of the molecule is COCc1ccc(-c2nccnc2N2CCN(CCNC=O)CC2)cc1. The zero-order valence-corrected chi connectivity index (χ0v) is 15.1. The molecule has 0 spiro atoms. The average molecular weight is 355 g/mol. The molecule has 138 valence electrons. The highest BCUT2D eigenvalue weighted by molar-refractivity contribution is 5.72. The number of rotatable bonds is 8. The molecule has 1 fully saturated rings. The fourth-order valence-corrected chi connectivity index (χ4v) is 3.16. The van der Waals surface area contributed by atoms with Gasteiger partial charge >= 0.3 is 0 Å². The van der Waals surface area contributed by atoms with Crippen LogP contribution in [-0.2, 0) is 16.1 Å². The molecule has 2 aromatic rings. The highest BCUT2D eigenvalue weighted by Crippen LogP contribution is 2.27. The van der Waals surface area contributed by atoms with E-state index >= 15 is 0 Å². The van der Waals surface area contributed by atoms with E-state index in [0.717, 1.165) is 61.8 Å². The minimum absolute atomic E-state index is 0.606. The van der Waals surface area contributed by atoms with E-state index in [1.807, 2.05) is 0 Å². The van der Waals surface area contributed by atoms with Crippen LogP contribution in [0.25, 0.3) is 11.3 Å². The topological polar surface area (TPSA) is 70.6 Å². The predicted molar refractivity (Wildman–Crippen MR) is 101 cm³/mol. The molecule has 0 radical (unpaired) electrons. The predicted octanol–water partition coefficient (Wildman–Crippen LogP) is 1.16. The summed E-state index contributed by atoms with van der Waals surface area (Å²) in [7, 11) is 1.70. The van der Waals surface area contributed by atoms with Crippen molar-refractivity contribution in [3.05, 3.63) is 42.2 Å². The van der Waals surface area contributed by atoms with Crippen molar-refractivity contribution in [1.29, 1.82) is 0 Å². The highest BCUT2D eigenvalue weighted by Gasteiger charge is 2.21. The number of ether oxygens (including phenoxy) is 1. The van der Waals surface area contributed by atoms with Crippen molar-refractivity contribution in [2.24, 2.45) is 0 Å². The third-order valence-corrected chi connectivity index (χ3v) is 4.54. The lowest BCUT2D eigenvalue weighted by Gasteiger charge is -2.35. The molecule has 7 heteroatoms. The molecule has 1 aromatic heterocycles. The molecular weight excluding hydrogens is 330 g/mol. The maximum atomic E-state index is 10.4. The van der Waals surface area contributed by atoms with Crippen LogP contribution >= 0.6 is 0 Å². The van der Waals surface area contributed by atoms with Crippen molar-refractivity contribution in [2.75, 3.05) is 51.3 Å². The van der Waals surface area contributed by atoms with Gasteiger partial charge in [0.1, 0.15) is 5.69 Å². The van der Waals surface area contributed by atoms with E-state index in [1.54, 1.807) is 19.5 Å². The van der Waals surface area contributed by atoms with Crippen LogP contribution in [0.4, 0.5) is 5.82 Å². The number of carbonyl (C=O) groups excluding carboxylic acids is 1. The lowest BCUT2D eigenvalue weighted by atomic mass is 10.1. The van der Waals surface area contributed by atoms with Crippen molar-refractivity contribution < 1.29 is 9.53 Å². The first-order chi connectivity index (χ1) is 12.8. The number of methoxy groups -OCH3 is 1. The first kappa shape index (κ1) is 18.3. The lowest BCUT2D eigenvalue weighted by molar-refractivity contribution is -0.109. The van der Waals surface area contributed by atoms with E-state index in [0.29, 0.717) is 13.2 Å². The summed E-state index contributed by atoms with van der Waals surface area (Å²) in [6, 6.07) is 8.27. The smallest absolute Gasteiger partial charge is 0.207 e. The zero-order chi connectivity index (χ0) is 18.2. The van der Waals surface area contributed by atoms with Crippen LogP contribution in [0.3, 0.4) is 0 Å². The molecule has 1 saturated heterocycles. The minimum Gasteiger partial charge on any atom is -0.380 e. The van der Waals surface area contributed by atoms with Gasteiger partial charge in [-0.25, -0.2) is 4.98 Å². The maximum Gasteiger partial charge on any atom is 0.207 e. The summed E-state index contributed by atoms with van der Waals surface area (Å²) >= 11 is 0. The largest absolute Gasteiger partial charge is 0.380 e. The van der Waals surface area contributed by atoms with Crippen molar-refractivity contribution >= 4 is 12.2 Å². The van der Waals surface area contributed by atoms with Crippen LogP contribution in [0.5, 0.6) is 0 Å². The zero-order valence-electron chi connectivity index (χ0n) is 15.1. The Balaban J connectivity index is 1.69. The van der Waals surface area contributed by atoms with Gasteiger partial charge in [-0.1, -0.05) is 24.3 Å². The Morgan fingerprint density at radius 3 is 2.54 bits per heavy atom. The summed E-state index contributed by atoms with van der Waals surface area (Å²) in [5.74, 6) is 0.928. The van der Waals surface area contributed by atoms with Gasteiger partial charge in [0.2, 0.25) is 6.41 Å². The summed E-state index contributed by atoms with van der Waals surface area (Å²) in [5, 5.41) is 2.72. The van der Waals surface area contributed by atoms with E-state index in [1.165, 1.54) is 0 Å². The molecule has 0 atom stereocenters. The molecule has 26 heavy (non-hydrogen) atoms. The molecular formula is C19H25N5O2. The van der Waals surface area contributed by atoms with Crippen LogP contribution in [0.2, 0.25) is 0 Å². The average Bonchev–Trinajstić information content (AvgIpc) is 2.70. The Morgan fingerprint density at radius 2 is 1.85 bits per heavy atom. The normalized spacial score (nSPS) is 15.0. The molecule has 2 heterocycles. The number of amides is 1. The van der Waals surface area contributed by atoms with Crippen molar-refractivity contribution in [3.63, 3.8) is 0 Å². The highest BCUT2D eigenvalue weighted by atomic mass is 16.5. The molecule has 1 aliphatic rings. The second kappa shape index (κ2) is 9.26. The van der Waals surface area contributed by atoms with E-state index < -0.39 is 0 Å². The van der Waals surface area contributed by atoms with Crippen LogP contribution < -0.4 is 10.2 Å². The molecule has 1 aliphatic heterocycles. The van der Waals surface area contributed by atoms with E-state index in [2.05, 4.69) is 49.4 Å². The first-order valence-corrected chi connectivity index (χ1v) is 8.85. The second-order valence-corrected chi connectivity index (χ2v) is 6.26. The van der Waals surface area contributed by atoms with Crippen LogP contribution in [0, 0.1) is 0 Å². The number of nitrogens with one attached hydrogen (secondary N) is 1. The Labute approximate surface area is 154 Å². The number of nitrogens with zero attached hydrogens (tertiary/aromatic N) is 4. The summed E-state index contributed by atoms with van der Waals surface area (Å²) in [5.41, 5.74) is 3.11. The summed E-state index contributed by atoms with van der Waals surface area (Å²) in [6.45, 7) is 5.86. The Bertz CT molecular complexity index is 699. The number of hydrogen-bond donors (Lipinski definition) is 1. The fourth-order valence-electron chi connectivity index (χ4n) is 3.16. The lowest BCUT2D eigenvalue weighted by Crippen LogP contribution is -2.48. The number of anilines is 1. The maximum absolute atomic E-state index is 10.4. The van der Waals surface area contributed by atoms with Gasteiger partial charge in [-0.2, -0.15) is 0 Å². The molecule has 0 saturated carbocycles. The molecule has 0 bridgehead atoms. The van der Waals surface area contributed by atoms with Gasteiger partial charge in [0.15, 0.2) is 5.82 Å². The van der Waals surface area contributed by atoms with Crippen molar-refractivity contribution in [3.8, 4) is 11.3 Å². The van der Waals surface area contributed by atoms with E-state index in [9.17, 15) is 4.79 Å². The van der Waals surface area contributed by atoms with Gasteiger partial charge in [0, 0.05) is 64.3 Å². The fraction of sp³-hybridized carbons (Fsp3) is 0.421. The molecule has 0 aliphatic carbocycles. The number of hydrogen-bond acceptors (Lipinski definition) is 6. The van der Waals surface area contributed by atoms with Gasteiger partial charge in [0.05, 0.1) is 6.61 Å². The van der Waals surface area contributed by atoms with E-state index in [4.69, 9.17) is 4.74 Å². The molecule has 1 aromatic carbocycles. The Kier molecular flexibility index (Phi) is 6.51. The van der Waals surface area contributed by atoms with Gasteiger partial charge in [0.25, 0.3) is 0 Å². The van der Waals surface area contributed by atoms with Crippen LogP contribution in [-0.4, -0.2) is 67.7 Å². The second-order valence-electron chi connectivity index (χ2n) is 6.26. The van der Waals surface area contributed by atoms with Crippen molar-refractivity contribution in [1.82, 2.24) is 20.2 Å².